The number of nitrogens with zero attached hydrogens (tertiary/aromatic N) is 3. The van der Waals surface area contributed by atoms with Crippen molar-refractivity contribution < 1.29 is 22.8 Å². The third-order valence-corrected chi connectivity index (χ3v) is 5.96. The fourth-order valence-electron chi connectivity index (χ4n) is 4.24. The number of benzene rings is 1. The molecule has 1 aromatic heterocycles. The quantitative estimate of drug-likeness (QED) is 0.709. The number of piperidine rings is 2. The predicted molar refractivity (Wildman–Crippen MR) is 114 cm³/mol. The first-order valence-electron chi connectivity index (χ1n) is 11.0. The van der Waals surface area contributed by atoms with Crippen LogP contribution in [0.5, 0.6) is 0 Å². The zero-order chi connectivity index (χ0) is 22.7. The summed E-state index contributed by atoms with van der Waals surface area (Å²) in [5.74, 6) is -5.71. The van der Waals surface area contributed by atoms with E-state index in [4.69, 9.17) is 0 Å². The fourth-order valence-corrected chi connectivity index (χ4v) is 4.24. The molecule has 1 N–H and O–H groups in total. The van der Waals surface area contributed by atoms with Gasteiger partial charge in [-0.15, -0.1) is 0 Å². The van der Waals surface area contributed by atoms with Crippen molar-refractivity contribution in [3.63, 3.8) is 0 Å². The highest BCUT2D eigenvalue weighted by atomic mass is 19.2. The standard InChI is InChI=1S/C23H25F3N4O2/c24-17-19(18(25)21(28-20(17)26)29-11-5-1-6-12-29)27-22(31)15-9-3-4-10-16(15)23(32)30-13-7-2-8-14-30/h3-4,9-10H,1-2,5-8,11-14H2,(H,27,28,31). The molecule has 0 atom stereocenters. The van der Waals surface area contributed by atoms with Crippen LogP contribution in [0.15, 0.2) is 24.3 Å². The summed E-state index contributed by atoms with van der Waals surface area (Å²) < 4.78 is 43.8. The van der Waals surface area contributed by atoms with Crippen LogP contribution in [0.2, 0.25) is 0 Å². The summed E-state index contributed by atoms with van der Waals surface area (Å²) in [6.07, 6.45) is 5.34. The Morgan fingerprint density at radius 2 is 1.41 bits per heavy atom. The molecule has 2 aliphatic rings. The number of pyridine rings is 1. The lowest BCUT2D eigenvalue weighted by Crippen LogP contribution is -2.36. The lowest BCUT2D eigenvalue weighted by molar-refractivity contribution is 0.0720. The highest BCUT2D eigenvalue weighted by Crippen LogP contribution is 2.30. The van der Waals surface area contributed by atoms with Gasteiger partial charge in [-0.3, -0.25) is 9.59 Å². The SMILES string of the molecule is O=C(Nc1c(F)c(F)nc(N2CCCCC2)c1F)c1ccccc1C(=O)N1CCCCC1. The van der Waals surface area contributed by atoms with E-state index in [1.54, 1.807) is 21.9 Å². The highest BCUT2D eigenvalue weighted by Gasteiger charge is 2.28. The van der Waals surface area contributed by atoms with E-state index < -0.39 is 29.2 Å². The summed E-state index contributed by atoms with van der Waals surface area (Å²) in [6.45, 7) is 2.12. The topological polar surface area (TPSA) is 65.5 Å². The summed E-state index contributed by atoms with van der Waals surface area (Å²) >= 11 is 0. The number of carbonyl (C=O) groups excluding carboxylic acids is 2. The van der Waals surface area contributed by atoms with E-state index in [-0.39, 0.29) is 22.9 Å². The van der Waals surface area contributed by atoms with Crippen LogP contribution in [0.3, 0.4) is 0 Å². The number of halogens is 3. The molecular weight excluding hydrogens is 421 g/mol. The fraction of sp³-hybridized carbons (Fsp3) is 0.435. The van der Waals surface area contributed by atoms with E-state index in [9.17, 15) is 18.4 Å². The van der Waals surface area contributed by atoms with Crippen molar-refractivity contribution in [2.24, 2.45) is 0 Å². The van der Waals surface area contributed by atoms with E-state index in [0.717, 1.165) is 38.5 Å². The van der Waals surface area contributed by atoms with E-state index in [1.165, 1.54) is 12.1 Å². The van der Waals surface area contributed by atoms with Crippen molar-refractivity contribution in [3.05, 3.63) is 53.0 Å². The minimum atomic E-state index is -1.57. The predicted octanol–water partition coefficient (Wildman–Crippen LogP) is 4.37. The van der Waals surface area contributed by atoms with Gasteiger partial charge in [-0.1, -0.05) is 12.1 Å². The first kappa shape index (κ1) is 22.1. The molecule has 0 aliphatic carbocycles. The van der Waals surface area contributed by atoms with Crippen molar-refractivity contribution in [3.8, 4) is 0 Å². The van der Waals surface area contributed by atoms with Gasteiger partial charge in [0.05, 0.1) is 11.1 Å². The second-order valence-electron chi connectivity index (χ2n) is 8.13. The van der Waals surface area contributed by atoms with Crippen LogP contribution in [0.25, 0.3) is 0 Å². The molecule has 32 heavy (non-hydrogen) atoms. The van der Waals surface area contributed by atoms with Gasteiger partial charge in [-0.25, -0.2) is 4.39 Å². The molecule has 0 bridgehead atoms. The van der Waals surface area contributed by atoms with Crippen molar-refractivity contribution in [2.75, 3.05) is 36.4 Å². The number of carbonyl (C=O) groups is 2. The van der Waals surface area contributed by atoms with Crippen molar-refractivity contribution in [1.82, 2.24) is 9.88 Å². The molecule has 0 spiro atoms. The third kappa shape index (κ3) is 4.42. The Labute approximate surface area is 184 Å². The molecule has 0 unspecified atom stereocenters. The maximum Gasteiger partial charge on any atom is 0.256 e. The molecule has 2 amide bonds. The number of anilines is 2. The molecule has 6 nitrogen and oxygen atoms in total. The van der Waals surface area contributed by atoms with Gasteiger partial charge in [-0.2, -0.15) is 13.8 Å². The van der Waals surface area contributed by atoms with Gasteiger partial charge < -0.3 is 15.1 Å². The van der Waals surface area contributed by atoms with Crippen LogP contribution in [0.4, 0.5) is 24.7 Å². The molecule has 0 saturated carbocycles. The van der Waals surface area contributed by atoms with Gasteiger partial charge in [0, 0.05) is 26.2 Å². The monoisotopic (exact) mass is 446 g/mol. The van der Waals surface area contributed by atoms with Crippen molar-refractivity contribution >= 4 is 23.3 Å². The Kier molecular flexibility index (Phi) is 6.62. The van der Waals surface area contributed by atoms with Gasteiger partial charge in [0.1, 0.15) is 5.69 Å². The summed E-state index contributed by atoms with van der Waals surface area (Å²) in [5.41, 5.74) is -0.791. The lowest BCUT2D eigenvalue weighted by Gasteiger charge is -2.28. The molecule has 2 aliphatic heterocycles. The van der Waals surface area contributed by atoms with Gasteiger partial charge in [-0.05, 0) is 50.7 Å². The van der Waals surface area contributed by atoms with Crippen LogP contribution >= 0.6 is 0 Å². The number of aromatic nitrogens is 1. The smallest absolute Gasteiger partial charge is 0.256 e. The molecule has 4 rings (SSSR count). The second-order valence-corrected chi connectivity index (χ2v) is 8.13. The lowest BCUT2D eigenvalue weighted by atomic mass is 10.0. The first-order chi connectivity index (χ1) is 15.5. The van der Waals surface area contributed by atoms with Crippen molar-refractivity contribution in [2.45, 2.75) is 38.5 Å². The van der Waals surface area contributed by atoms with E-state index in [2.05, 4.69) is 10.3 Å². The van der Waals surface area contributed by atoms with Gasteiger partial charge in [0.15, 0.2) is 11.6 Å². The van der Waals surface area contributed by atoms with Gasteiger partial charge in [0.25, 0.3) is 17.8 Å². The second kappa shape index (κ2) is 9.58. The number of hydrogen-bond acceptors (Lipinski definition) is 4. The molecule has 3 heterocycles. The van der Waals surface area contributed by atoms with Gasteiger partial charge in [0.2, 0.25) is 5.82 Å². The average Bonchev–Trinajstić information content (AvgIpc) is 2.84. The first-order valence-corrected chi connectivity index (χ1v) is 11.0. The van der Waals surface area contributed by atoms with Crippen LogP contribution in [-0.2, 0) is 0 Å². The molecule has 9 heteroatoms. The number of rotatable bonds is 4. The number of nitrogens with one attached hydrogen (secondary N) is 1. The van der Waals surface area contributed by atoms with Crippen molar-refractivity contribution in [1.29, 1.82) is 0 Å². The maximum atomic E-state index is 15.1. The minimum absolute atomic E-state index is 0.0291. The highest BCUT2D eigenvalue weighted by molar-refractivity contribution is 6.12. The molecule has 0 radical (unpaired) electrons. The maximum absolute atomic E-state index is 15.1. The molecule has 2 saturated heterocycles. The number of amides is 2. The normalized spacial score (nSPS) is 16.7. The number of hydrogen-bond donors (Lipinski definition) is 1. The molecule has 1 aromatic carbocycles. The summed E-state index contributed by atoms with van der Waals surface area (Å²) in [6, 6.07) is 6.09. The Bertz CT molecular complexity index is 1020. The largest absolute Gasteiger partial charge is 0.354 e. The van der Waals surface area contributed by atoms with E-state index >= 15 is 4.39 Å². The Morgan fingerprint density at radius 1 is 0.812 bits per heavy atom. The molecule has 2 aromatic rings. The average molecular weight is 446 g/mol. The summed E-state index contributed by atoms with van der Waals surface area (Å²) in [5, 5.41) is 2.15. The van der Waals surface area contributed by atoms with E-state index in [1.807, 2.05) is 0 Å². The Balaban J connectivity index is 1.63. The van der Waals surface area contributed by atoms with Crippen LogP contribution in [0.1, 0.15) is 59.2 Å². The summed E-state index contributed by atoms with van der Waals surface area (Å²) in [4.78, 5) is 32.6. The van der Waals surface area contributed by atoms with Crippen LogP contribution < -0.4 is 10.2 Å². The van der Waals surface area contributed by atoms with E-state index in [0.29, 0.717) is 26.2 Å². The van der Waals surface area contributed by atoms with Crippen LogP contribution in [0, 0.1) is 17.6 Å². The molecule has 170 valence electrons. The zero-order valence-electron chi connectivity index (χ0n) is 17.7. The number of likely N-dealkylation sites (tertiary alicyclic amines) is 1. The summed E-state index contributed by atoms with van der Waals surface area (Å²) in [7, 11) is 0. The zero-order valence-corrected chi connectivity index (χ0v) is 17.7. The van der Waals surface area contributed by atoms with Crippen LogP contribution in [-0.4, -0.2) is 47.9 Å². The Hall–Kier alpha value is -3.10. The van der Waals surface area contributed by atoms with Gasteiger partial charge >= 0.3 is 0 Å². The minimum Gasteiger partial charge on any atom is -0.354 e. The molecule has 2 fully saturated rings. The molecular formula is C23H25F3N4O2. The third-order valence-electron chi connectivity index (χ3n) is 5.96. The Morgan fingerprint density at radius 3 is 2.06 bits per heavy atom.